The average Bonchev–Trinajstić information content (AvgIpc) is 1.59. The minimum atomic E-state index is -1.85. The number of hydrogen-bond acceptors (Lipinski definition) is 35. The van der Waals surface area contributed by atoms with E-state index in [-0.39, 0.29) is 113 Å². The summed E-state index contributed by atoms with van der Waals surface area (Å²) in [7, 11) is 2.10. The number of primary amides is 1. The molecule has 2 unspecified atom stereocenters. The second-order valence-corrected chi connectivity index (χ2v) is 34.8. The van der Waals surface area contributed by atoms with E-state index in [9.17, 15) is 110 Å². The van der Waals surface area contributed by atoms with Crippen molar-refractivity contribution in [1.29, 1.82) is 0 Å². The highest BCUT2D eigenvalue weighted by Gasteiger charge is 2.54. The van der Waals surface area contributed by atoms with E-state index in [1.165, 1.54) is 50.0 Å². The molecule has 6 aliphatic heterocycles. The molecule has 0 bridgehead atoms. The number of hydrogen-bond donors (Lipinski definition) is 22. The van der Waals surface area contributed by atoms with Crippen molar-refractivity contribution in [3.05, 3.63) is 107 Å². The van der Waals surface area contributed by atoms with Gasteiger partial charge in [-0.25, -0.2) is 9.36 Å². The zero-order valence-corrected chi connectivity index (χ0v) is 75.2. The van der Waals surface area contributed by atoms with Crippen LogP contribution in [0.3, 0.4) is 0 Å². The maximum atomic E-state index is 13.9. The maximum Gasteiger partial charge on any atom is 0.243 e. The van der Waals surface area contributed by atoms with Gasteiger partial charge in [0.2, 0.25) is 52.9 Å². The monoisotopic (exact) mass is 1880 g/mol. The van der Waals surface area contributed by atoms with Gasteiger partial charge in [-0.15, -0.1) is 10.2 Å². The summed E-state index contributed by atoms with van der Waals surface area (Å²) in [5, 5.41) is 180. The van der Waals surface area contributed by atoms with Crippen LogP contribution in [-0.2, 0) is 113 Å². The lowest BCUT2D eigenvalue weighted by molar-refractivity contribution is -0.401. The Balaban J connectivity index is 0.651. The second-order valence-electron chi connectivity index (χ2n) is 34.8. The molecular formula is C87H131N16O30+. The Labute approximate surface area is 767 Å². The van der Waals surface area contributed by atoms with Gasteiger partial charge in [0.25, 0.3) is 0 Å². The number of unbranched alkanes of at least 4 members (excludes halogenated alkanes) is 5. The predicted molar refractivity (Wildman–Crippen MR) is 464 cm³/mol. The van der Waals surface area contributed by atoms with Gasteiger partial charge in [-0.05, 0) is 82.9 Å². The first-order valence-electron chi connectivity index (χ1n) is 45.0. The summed E-state index contributed by atoms with van der Waals surface area (Å²) < 4.78 is 49.5. The number of rotatable bonds is 51. The van der Waals surface area contributed by atoms with Gasteiger partial charge in [-0.2, -0.15) is 4.58 Å². The zero-order valence-electron chi connectivity index (χ0n) is 75.2. The van der Waals surface area contributed by atoms with E-state index >= 15 is 0 Å². The molecule has 2 aromatic carbocycles. The van der Waals surface area contributed by atoms with Crippen molar-refractivity contribution in [1.82, 2.24) is 67.2 Å². The van der Waals surface area contributed by atoms with Crippen LogP contribution in [0.4, 0.5) is 11.4 Å². The van der Waals surface area contributed by atoms with Crippen LogP contribution < -0.4 is 47.9 Å². The fraction of sp³-hybridized carbons (Fsp3) is 0.667. The van der Waals surface area contributed by atoms with Crippen LogP contribution in [0.2, 0.25) is 0 Å². The largest absolute Gasteiger partial charge is 0.394 e. The number of carbonyl (C=O) groups is 8. The number of aliphatic hydroxyl groups excluding tert-OH is 14. The van der Waals surface area contributed by atoms with Crippen molar-refractivity contribution in [3.63, 3.8) is 0 Å². The molecule has 738 valence electrons. The highest BCUT2D eigenvalue weighted by atomic mass is 16.8. The highest BCUT2D eigenvalue weighted by molar-refractivity contribution is 6.03. The third kappa shape index (κ3) is 28.4. The summed E-state index contributed by atoms with van der Waals surface area (Å²) >= 11 is 0. The Morgan fingerprint density at radius 3 is 1.41 bits per heavy atom. The summed E-state index contributed by atoms with van der Waals surface area (Å²) in [5.74, 6) is -4.46. The van der Waals surface area contributed by atoms with Crippen LogP contribution in [-0.4, -0.2) is 367 Å². The molecule has 133 heavy (non-hydrogen) atoms. The summed E-state index contributed by atoms with van der Waals surface area (Å²) in [6, 6.07) is 14.4. The van der Waals surface area contributed by atoms with E-state index in [0.717, 1.165) is 12.1 Å². The summed E-state index contributed by atoms with van der Waals surface area (Å²) in [5.41, 5.74) is 12.6. The van der Waals surface area contributed by atoms with Crippen LogP contribution in [0.5, 0.6) is 0 Å². The number of aliphatic hydroxyl groups is 14. The lowest BCUT2D eigenvalue weighted by Gasteiger charge is -2.45. The second kappa shape index (κ2) is 50.4. The van der Waals surface area contributed by atoms with Gasteiger partial charge in [-0.1, -0.05) is 79.6 Å². The molecule has 4 aromatic rings. The summed E-state index contributed by atoms with van der Waals surface area (Å²) in [6.45, 7) is 5.83. The number of nitrogens with two attached hydrogens (primary N) is 1. The molecule has 10 rings (SSSR count). The number of fused-ring (bicyclic) bond motifs is 2. The minimum Gasteiger partial charge on any atom is -0.394 e. The van der Waals surface area contributed by atoms with E-state index < -0.39 is 209 Å². The van der Waals surface area contributed by atoms with E-state index in [4.69, 9.17) is 43.6 Å². The van der Waals surface area contributed by atoms with Gasteiger partial charge in [0.1, 0.15) is 128 Å². The molecule has 46 nitrogen and oxygen atoms in total. The van der Waals surface area contributed by atoms with Gasteiger partial charge in [-0.3, -0.25) is 38.4 Å². The normalized spacial score (nSPS) is 27.9. The Morgan fingerprint density at radius 1 is 0.481 bits per heavy atom. The fourth-order valence-electron chi connectivity index (χ4n) is 16.7. The Kier molecular flexibility index (Phi) is 40.0. The topological polar surface area (TPSA) is 672 Å². The molecule has 6 aliphatic rings. The number of allylic oxidation sites excluding steroid dienone is 4. The van der Waals surface area contributed by atoms with Crippen molar-refractivity contribution in [3.8, 4) is 0 Å². The molecule has 4 saturated heterocycles. The van der Waals surface area contributed by atoms with Gasteiger partial charge < -0.3 is 157 Å². The molecule has 23 N–H and O–H groups in total. The third-order valence-electron chi connectivity index (χ3n) is 24.4. The van der Waals surface area contributed by atoms with Crippen molar-refractivity contribution in [2.24, 2.45) is 5.73 Å². The minimum absolute atomic E-state index is 0.000854. The molecule has 46 heteroatoms. The van der Waals surface area contributed by atoms with Crippen LogP contribution in [0.15, 0.2) is 84.8 Å². The Hall–Kier alpha value is -9.45. The zero-order chi connectivity index (χ0) is 96.4. The van der Waals surface area contributed by atoms with Gasteiger partial charge in [0, 0.05) is 86.2 Å². The van der Waals surface area contributed by atoms with Crippen molar-refractivity contribution >= 4 is 64.3 Å². The lowest BCUT2D eigenvalue weighted by atomic mass is 9.81. The van der Waals surface area contributed by atoms with E-state index in [0.29, 0.717) is 63.7 Å². The van der Waals surface area contributed by atoms with Crippen LogP contribution in [0.25, 0.3) is 0 Å². The average molecular weight is 1880 g/mol. The fourth-order valence-corrected chi connectivity index (χ4v) is 16.7. The smallest absolute Gasteiger partial charge is 0.243 e. The Bertz CT molecular complexity index is 4570. The molecule has 8 amide bonds. The van der Waals surface area contributed by atoms with Gasteiger partial charge >= 0.3 is 0 Å². The highest BCUT2D eigenvalue weighted by Crippen LogP contribution is 2.48. The number of para-hydroxylation sites is 2. The molecule has 22 atom stereocenters. The summed E-state index contributed by atoms with van der Waals surface area (Å²) in [4.78, 5) is 108. The molecule has 0 radical (unpaired) electrons. The molecule has 0 aliphatic carbocycles. The third-order valence-corrected chi connectivity index (χ3v) is 24.4. The van der Waals surface area contributed by atoms with E-state index in [1.54, 1.807) is 0 Å². The first-order valence-corrected chi connectivity index (χ1v) is 45.0. The lowest BCUT2D eigenvalue weighted by Crippen LogP contribution is -2.64. The molecular weight excluding hydrogens is 1750 g/mol. The summed E-state index contributed by atoms with van der Waals surface area (Å²) in [6.07, 6.45) is -20.1. The van der Waals surface area contributed by atoms with Crippen LogP contribution >= 0.6 is 0 Å². The Morgan fingerprint density at radius 2 is 0.917 bits per heavy atom. The quantitative estimate of drug-likeness (QED) is 0.0144. The number of nitrogens with zero attached hydrogens (tertiary/aromatic N) is 8. The number of carbonyl (C=O) groups excluding carboxylic acids is 8. The number of amides is 8. The SMILES string of the molecule is C[N+]1=C(/C=C/C=C2\N(CCCCC(=O)NCCCCCC(=O)NC(CCC(=O)NCc3cn(CCO[C@@H]4O[C@H](CO)[C@@H](O[C@@H]5O[C@H](CO)[C@H](O)[C@H](O)[C@H]5O)[C@H](O)[C@H]4O)nn3)C(=O)NCCCCCC(=O)NC(CCC(=O)NCc3cn(CCO[C@@H]4O[C@H](CO)[C@@H](O[C@@H]5O[C@H](CO)[C@H](O)[C@H](O)[C@H]5O)[C@H](O)[C@H]4O)nn3)C(=O)NCC(N)=O)c3ccccc3C2(C)C)C(C)(C)c2ccccc21. The number of benzene rings is 2. The van der Waals surface area contributed by atoms with Crippen LogP contribution in [0.1, 0.15) is 147 Å². The van der Waals surface area contributed by atoms with Crippen molar-refractivity contribution in [2.45, 2.75) is 296 Å². The first kappa shape index (κ1) is 106. The van der Waals surface area contributed by atoms with Crippen molar-refractivity contribution in [2.75, 3.05) is 77.8 Å². The number of ether oxygens (including phenoxy) is 8. The molecule has 8 heterocycles. The van der Waals surface area contributed by atoms with Crippen molar-refractivity contribution < 1.29 is 152 Å². The molecule has 0 saturated carbocycles. The maximum absolute atomic E-state index is 13.9. The van der Waals surface area contributed by atoms with E-state index in [1.807, 2.05) is 6.07 Å². The number of anilines is 1. The standard InChI is InChI=1S/C87H130N16O30/c1-86(2)50-19-10-12-21-54(50)100(5)60(86)23-18-24-61-87(3,4)51-20-11-13-22-55(51)103(61)34-17-14-25-63(109)89-32-15-6-8-26-66(112)94-52(28-30-64(110)91-39-48-42-101(98-96-48)35-37-126-82-76(122)72(118)78(58(46-106)130-82)132-84-74(120)70(116)68(114)56(44-104)128-84)80(124)90-33-16-7-9-27-67(113)95-53(81(125)93-41-62(88)108)29-31-65(111)92-40-49-43-102(99-97-49)36-38-127-83-77(123)73(119)79(59(47-107)131-83)133-85-75(121)71(117)69(115)57(45-105)129-85/h10-13,18-24,42-43,52-53,56-59,68-79,82-85,104-107,114-123H,6-9,14-17,25-41,44-47H2,1-5H3,(H8-,88,89,90,91,92,93,94,95,108,109,110,111,112,113,124,125)/p+1/t52?,53?,56-,57-,58-,59-,68+,69+,70+,71+,72-,73-,74-,75-,76-,77-,78-,79-,82-,83-,84+,85+/m1/s1. The number of nitrogens with one attached hydrogen (secondary N) is 7. The molecule has 0 spiro atoms. The first-order chi connectivity index (χ1) is 63.6. The van der Waals surface area contributed by atoms with Gasteiger partial charge in [0.05, 0.1) is 90.2 Å². The predicted octanol–water partition coefficient (Wildman–Crippen LogP) is -6.32. The molecule has 4 fully saturated rings. The molecule has 2 aromatic heterocycles. The number of aromatic nitrogens is 6. The van der Waals surface area contributed by atoms with Gasteiger partial charge in [0.15, 0.2) is 30.9 Å². The van der Waals surface area contributed by atoms with E-state index in [2.05, 4.69) is 163 Å². The van der Waals surface area contributed by atoms with Crippen LogP contribution in [0, 0.1) is 0 Å².